The van der Waals surface area contributed by atoms with Gasteiger partial charge in [-0.2, -0.15) is 5.10 Å². The lowest BCUT2D eigenvalue weighted by atomic mass is 9.88. The third-order valence-electron chi connectivity index (χ3n) is 4.07. The normalized spacial score (nSPS) is 16.5. The minimum atomic E-state index is -0.0945. The summed E-state index contributed by atoms with van der Waals surface area (Å²) < 4.78 is 1.77. The molecule has 120 valence electrons. The molecule has 0 bridgehead atoms. The Bertz CT molecular complexity index is 919. The van der Waals surface area contributed by atoms with Crippen molar-refractivity contribution in [2.24, 2.45) is 0 Å². The van der Waals surface area contributed by atoms with Gasteiger partial charge in [0.1, 0.15) is 11.6 Å². The van der Waals surface area contributed by atoms with E-state index in [-0.39, 0.29) is 11.8 Å². The number of nitrogen functional groups attached to an aromatic ring is 1. The highest BCUT2D eigenvalue weighted by molar-refractivity contribution is 6.30. The van der Waals surface area contributed by atoms with Gasteiger partial charge in [-0.15, -0.1) is 0 Å². The molecule has 0 saturated heterocycles. The Balaban J connectivity index is 1.72. The van der Waals surface area contributed by atoms with Gasteiger partial charge in [0.2, 0.25) is 5.91 Å². The second kappa shape index (κ2) is 5.65. The van der Waals surface area contributed by atoms with Gasteiger partial charge in [0.25, 0.3) is 0 Å². The summed E-state index contributed by atoms with van der Waals surface area (Å²) in [6, 6.07) is 11.1. The number of hydrogen-bond donors (Lipinski definition) is 2. The maximum Gasteiger partial charge on any atom is 0.226 e. The van der Waals surface area contributed by atoms with Crippen molar-refractivity contribution in [3.8, 4) is 5.69 Å². The first-order chi connectivity index (χ1) is 11.6. The Hall–Kier alpha value is -2.86. The molecule has 1 aromatic carbocycles. The maximum atomic E-state index is 12.0. The summed E-state index contributed by atoms with van der Waals surface area (Å²) in [5.41, 5.74) is 8.51. The minimum absolute atomic E-state index is 0.0788. The van der Waals surface area contributed by atoms with Gasteiger partial charge in [0.05, 0.1) is 11.9 Å². The van der Waals surface area contributed by atoms with Crippen LogP contribution in [-0.4, -0.2) is 20.7 Å². The molecule has 3 N–H and O–H groups in total. The number of fused-ring (bicyclic) bond motifs is 1. The van der Waals surface area contributed by atoms with Crippen molar-refractivity contribution in [1.29, 1.82) is 0 Å². The summed E-state index contributed by atoms with van der Waals surface area (Å²) in [5.74, 6) is 0.731. The van der Waals surface area contributed by atoms with Gasteiger partial charge in [-0.1, -0.05) is 17.7 Å². The number of nitrogens with zero attached hydrogens (tertiary/aromatic N) is 3. The van der Waals surface area contributed by atoms with E-state index in [0.29, 0.717) is 23.1 Å². The van der Waals surface area contributed by atoms with Crippen LogP contribution in [0.2, 0.25) is 5.02 Å². The van der Waals surface area contributed by atoms with Crippen LogP contribution >= 0.6 is 11.6 Å². The Labute approximate surface area is 143 Å². The van der Waals surface area contributed by atoms with E-state index in [9.17, 15) is 4.79 Å². The number of nitrogens with two attached hydrogens (primary N) is 1. The quantitative estimate of drug-likeness (QED) is 0.751. The van der Waals surface area contributed by atoms with Crippen molar-refractivity contribution in [3.63, 3.8) is 0 Å². The zero-order chi connectivity index (χ0) is 16.7. The molecule has 1 atom stereocenters. The maximum absolute atomic E-state index is 12.0. The zero-order valence-electron chi connectivity index (χ0n) is 12.6. The van der Waals surface area contributed by atoms with E-state index < -0.39 is 0 Å². The van der Waals surface area contributed by atoms with Crippen LogP contribution in [0.4, 0.5) is 11.6 Å². The summed E-state index contributed by atoms with van der Waals surface area (Å²) in [5, 5.41) is 7.85. The fraction of sp³-hybridized carbons (Fsp3) is 0.118. The predicted octanol–water partition coefficient (Wildman–Crippen LogP) is 2.98. The summed E-state index contributed by atoms with van der Waals surface area (Å²) in [6.45, 7) is 0. The first-order valence-corrected chi connectivity index (χ1v) is 7.85. The standard InChI is InChI=1S/C17H14ClN5O/c18-11-1-3-12(4-2-11)23-9-10(8-20-23)14-7-16(24)22-17-13(14)5-6-15(19)21-17/h1-6,8-9,14H,7H2,(H3,19,21,22,24)/t14-/m1/s1. The van der Waals surface area contributed by atoms with Crippen molar-refractivity contribution in [2.45, 2.75) is 12.3 Å². The first kappa shape index (κ1) is 14.7. The first-order valence-electron chi connectivity index (χ1n) is 7.47. The van der Waals surface area contributed by atoms with Crippen molar-refractivity contribution >= 4 is 29.1 Å². The Morgan fingerprint density at radius 3 is 2.79 bits per heavy atom. The van der Waals surface area contributed by atoms with Gasteiger partial charge in [0, 0.05) is 29.1 Å². The zero-order valence-corrected chi connectivity index (χ0v) is 13.4. The van der Waals surface area contributed by atoms with Gasteiger partial charge in [-0.25, -0.2) is 9.67 Å². The molecule has 6 nitrogen and oxygen atoms in total. The number of benzene rings is 1. The lowest BCUT2D eigenvalue weighted by Crippen LogP contribution is -2.24. The molecule has 0 fully saturated rings. The number of pyridine rings is 1. The highest BCUT2D eigenvalue weighted by Gasteiger charge is 2.28. The molecule has 4 rings (SSSR count). The van der Waals surface area contributed by atoms with E-state index in [1.807, 2.05) is 36.5 Å². The number of nitrogens with one attached hydrogen (secondary N) is 1. The predicted molar refractivity (Wildman–Crippen MR) is 92.3 cm³/mol. The van der Waals surface area contributed by atoms with Gasteiger partial charge >= 0.3 is 0 Å². The fourth-order valence-corrected chi connectivity index (χ4v) is 3.02. The fourth-order valence-electron chi connectivity index (χ4n) is 2.89. The number of carbonyl (C=O) groups is 1. The van der Waals surface area contributed by atoms with Crippen molar-refractivity contribution in [3.05, 3.63) is 64.9 Å². The summed E-state index contributed by atoms with van der Waals surface area (Å²) >= 11 is 5.92. The monoisotopic (exact) mass is 339 g/mol. The van der Waals surface area contributed by atoms with E-state index in [4.69, 9.17) is 17.3 Å². The topological polar surface area (TPSA) is 85.8 Å². The number of halogens is 1. The lowest BCUT2D eigenvalue weighted by molar-refractivity contribution is -0.116. The molecule has 3 aromatic rings. The molecule has 7 heteroatoms. The number of aromatic nitrogens is 3. The number of anilines is 2. The molecule has 0 aliphatic carbocycles. The van der Waals surface area contributed by atoms with Crippen molar-refractivity contribution in [2.75, 3.05) is 11.1 Å². The molecule has 3 heterocycles. The number of hydrogen-bond acceptors (Lipinski definition) is 4. The second-order valence-electron chi connectivity index (χ2n) is 5.67. The smallest absolute Gasteiger partial charge is 0.226 e. The summed E-state index contributed by atoms with van der Waals surface area (Å²) in [4.78, 5) is 16.2. The van der Waals surface area contributed by atoms with Crippen LogP contribution in [-0.2, 0) is 4.79 Å². The van der Waals surface area contributed by atoms with E-state index in [2.05, 4.69) is 15.4 Å². The van der Waals surface area contributed by atoms with E-state index >= 15 is 0 Å². The third kappa shape index (κ3) is 2.61. The Morgan fingerprint density at radius 1 is 1.21 bits per heavy atom. The van der Waals surface area contributed by atoms with Crippen LogP contribution < -0.4 is 11.1 Å². The van der Waals surface area contributed by atoms with E-state index in [0.717, 1.165) is 16.8 Å². The van der Waals surface area contributed by atoms with Crippen LogP contribution in [0.15, 0.2) is 48.8 Å². The second-order valence-corrected chi connectivity index (χ2v) is 6.11. The molecular weight excluding hydrogens is 326 g/mol. The minimum Gasteiger partial charge on any atom is -0.384 e. The van der Waals surface area contributed by atoms with Gasteiger partial charge < -0.3 is 11.1 Å². The molecule has 0 radical (unpaired) electrons. The Morgan fingerprint density at radius 2 is 2.00 bits per heavy atom. The van der Waals surface area contributed by atoms with Crippen LogP contribution in [0.25, 0.3) is 5.69 Å². The van der Waals surface area contributed by atoms with E-state index in [1.165, 1.54) is 0 Å². The van der Waals surface area contributed by atoms with Crippen molar-refractivity contribution in [1.82, 2.24) is 14.8 Å². The summed E-state index contributed by atoms with van der Waals surface area (Å²) in [6.07, 6.45) is 4.05. The van der Waals surface area contributed by atoms with Crippen LogP contribution in [0.5, 0.6) is 0 Å². The largest absolute Gasteiger partial charge is 0.384 e. The molecule has 24 heavy (non-hydrogen) atoms. The molecule has 2 aromatic heterocycles. The molecule has 0 spiro atoms. The van der Waals surface area contributed by atoms with E-state index in [1.54, 1.807) is 16.9 Å². The molecule has 1 aliphatic rings. The SMILES string of the molecule is Nc1ccc2c(n1)NC(=O)C[C@@H]2c1cnn(-c2ccc(Cl)cc2)c1. The third-order valence-corrected chi connectivity index (χ3v) is 4.32. The summed E-state index contributed by atoms with van der Waals surface area (Å²) in [7, 11) is 0. The highest BCUT2D eigenvalue weighted by Crippen LogP contribution is 2.36. The average molecular weight is 340 g/mol. The van der Waals surface area contributed by atoms with Crippen LogP contribution in [0, 0.1) is 0 Å². The molecule has 0 unspecified atom stereocenters. The number of rotatable bonds is 2. The number of carbonyl (C=O) groups excluding carboxylic acids is 1. The van der Waals surface area contributed by atoms with Gasteiger partial charge in [0.15, 0.2) is 0 Å². The number of amides is 1. The van der Waals surface area contributed by atoms with Crippen LogP contribution in [0.3, 0.4) is 0 Å². The average Bonchev–Trinajstić information content (AvgIpc) is 3.04. The van der Waals surface area contributed by atoms with Gasteiger partial charge in [-0.05, 0) is 35.9 Å². The molecule has 1 aliphatic heterocycles. The molecule has 1 amide bonds. The highest BCUT2D eigenvalue weighted by atomic mass is 35.5. The molecule has 0 saturated carbocycles. The molecular formula is C17H14ClN5O. The van der Waals surface area contributed by atoms with Crippen LogP contribution in [0.1, 0.15) is 23.5 Å². The Kier molecular flexibility index (Phi) is 3.46. The lowest BCUT2D eigenvalue weighted by Gasteiger charge is -2.24. The van der Waals surface area contributed by atoms with Crippen molar-refractivity contribution < 1.29 is 4.79 Å². The van der Waals surface area contributed by atoms with Gasteiger partial charge in [-0.3, -0.25) is 4.79 Å².